The molecule has 0 aliphatic rings. The standard InChI is InChI=1S/C19H17ClN2O4/c20-14-7-4-8-15-17(14)13(10-21-15)9-16(18(23)24)22-19(25)26-11-12-5-2-1-3-6-12/h1-8,10,16,21H,9,11H2,(H,22,25)(H,23,24)/t16-/m1/s1. The van der Waals surface area contributed by atoms with Crippen LogP contribution in [0.4, 0.5) is 4.79 Å². The topological polar surface area (TPSA) is 91.4 Å². The molecule has 1 heterocycles. The molecule has 0 radical (unpaired) electrons. The molecule has 1 amide bonds. The molecule has 1 atom stereocenters. The Hall–Kier alpha value is -2.99. The van der Waals surface area contributed by atoms with E-state index < -0.39 is 18.1 Å². The monoisotopic (exact) mass is 372 g/mol. The summed E-state index contributed by atoms with van der Waals surface area (Å²) in [6, 6.07) is 13.4. The second kappa shape index (κ2) is 7.93. The molecule has 0 fully saturated rings. The number of carbonyl (C=O) groups excluding carboxylic acids is 1. The Kier molecular flexibility index (Phi) is 5.43. The van der Waals surface area contributed by atoms with Crippen LogP contribution in [0.25, 0.3) is 10.9 Å². The van der Waals surface area contributed by atoms with Crippen molar-refractivity contribution in [3.8, 4) is 0 Å². The molecule has 3 N–H and O–H groups in total. The lowest BCUT2D eigenvalue weighted by Crippen LogP contribution is -2.42. The van der Waals surface area contributed by atoms with E-state index in [2.05, 4.69) is 10.3 Å². The van der Waals surface area contributed by atoms with Gasteiger partial charge < -0.3 is 20.1 Å². The number of hydrogen-bond acceptors (Lipinski definition) is 3. The van der Waals surface area contributed by atoms with Crippen LogP contribution >= 0.6 is 11.6 Å². The number of benzene rings is 2. The summed E-state index contributed by atoms with van der Waals surface area (Å²) >= 11 is 6.21. The SMILES string of the molecule is O=C(N[C@H](Cc1c[nH]c2cccc(Cl)c12)C(=O)O)OCc1ccccc1. The lowest BCUT2D eigenvalue weighted by molar-refractivity contribution is -0.139. The van der Waals surface area contributed by atoms with Crippen LogP contribution in [0.3, 0.4) is 0 Å². The van der Waals surface area contributed by atoms with Crippen molar-refractivity contribution in [3.63, 3.8) is 0 Å². The van der Waals surface area contributed by atoms with Gasteiger partial charge in [0.05, 0.1) is 5.02 Å². The largest absolute Gasteiger partial charge is 0.480 e. The molecular weight excluding hydrogens is 356 g/mol. The lowest BCUT2D eigenvalue weighted by atomic mass is 10.1. The van der Waals surface area contributed by atoms with E-state index >= 15 is 0 Å². The Morgan fingerprint density at radius 3 is 2.65 bits per heavy atom. The molecule has 0 saturated heterocycles. The van der Waals surface area contributed by atoms with Crippen molar-refractivity contribution >= 4 is 34.6 Å². The molecule has 0 spiro atoms. The molecule has 7 heteroatoms. The Bertz CT molecular complexity index is 924. The van der Waals surface area contributed by atoms with Crippen LogP contribution in [-0.2, 0) is 22.6 Å². The predicted molar refractivity (Wildman–Crippen MR) is 98.2 cm³/mol. The molecule has 1 aromatic heterocycles. The Morgan fingerprint density at radius 1 is 1.15 bits per heavy atom. The number of halogens is 1. The van der Waals surface area contributed by atoms with Gasteiger partial charge in [-0.15, -0.1) is 0 Å². The van der Waals surface area contributed by atoms with E-state index in [1.54, 1.807) is 18.3 Å². The van der Waals surface area contributed by atoms with Gasteiger partial charge >= 0.3 is 12.1 Å². The fraction of sp³-hybridized carbons (Fsp3) is 0.158. The maximum Gasteiger partial charge on any atom is 0.408 e. The van der Waals surface area contributed by atoms with Gasteiger partial charge in [-0.2, -0.15) is 0 Å². The van der Waals surface area contributed by atoms with Crippen LogP contribution in [0, 0.1) is 0 Å². The first-order chi connectivity index (χ1) is 12.5. The van der Waals surface area contributed by atoms with Crippen LogP contribution in [-0.4, -0.2) is 28.2 Å². The molecule has 0 aliphatic carbocycles. The number of ether oxygens (including phenoxy) is 1. The third-order valence-electron chi connectivity index (χ3n) is 3.96. The van der Waals surface area contributed by atoms with Crippen LogP contribution in [0.15, 0.2) is 54.7 Å². The summed E-state index contributed by atoms with van der Waals surface area (Å²) in [5.74, 6) is -1.15. The van der Waals surface area contributed by atoms with Crippen molar-refractivity contribution in [1.29, 1.82) is 0 Å². The minimum absolute atomic E-state index is 0.0674. The number of aromatic nitrogens is 1. The Morgan fingerprint density at radius 2 is 1.92 bits per heavy atom. The van der Waals surface area contributed by atoms with Gasteiger partial charge in [-0.25, -0.2) is 9.59 Å². The number of rotatable bonds is 6. The smallest absolute Gasteiger partial charge is 0.408 e. The van der Waals surface area contributed by atoms with Gasteiger partial charge in [0.1, 0.15) is 12.6 Å². The van der Waals surface area contributed by atoms with E-state index in [1.807, 2.05) is 36.4 Å². The third-order valence-corrected chi connectivity index (χ3v) is 4.28. The summed E-state index contributed by atoms with van der Waals surface area (Å²) in [5, 5.41) is 13.1. The quantitative estimate of drug-likeness (QED) is 0.614. The normalized spacial score (nSPS) is 11.9. The average molecular weight is 373 g/mol. The highest BCUT2D eigenvalue weighted by molar-refractivity contribution is 6.35. The first-order valence-electron chi connectivity index (χ1n) is 7.99. The van der Waals surface area contributed by atoms with E-state index in [0.29, 0.717) is 10.6 Å². The van der Waals surface area contributed by atoms with Gasteiger partial charge in [-0.3, -0.25) is 0 Å². The number of amides is 1. The summed E-state index contributed by atoms with van der Waals surface area (Å²) in [4.78, 5) is 26.6. The van der Waals surface area contributed by atoms with Gasteiger partial charge in [0.2, 0.25) is 0 Å². The zero-order valence-corrected chi connectivity index (χ0v) is 14.5. The number of carbonyl (C=O) groups is 2. The highest BCUT2D eigenvalue weighted by Gasteiger charge is 2.23. The minimum atomic E-state index is -1.15. The first kappa shape index (κ1) is 17.8. The Labute approximate surface area is 154 Å². The van der Waals surface area contributed by atoms with Crippen molar-refractivity contribution in [3.05, 3.63) is 70.9 Å². The van der Waals surface area contributed by atoms with E-state index in [4.69, 9.17) is 16.3 Å². The van der Waals surface area contributed by atoms with Gasteiger partial charge in [0, 0.05) is 23.5 Å². The molecule has 2 aromatic carbocycles. The lowest BCUT2D eigenvalue weighted by Gasteiger charge is -2.14. The van der Waals surface area contributed by atoms with Crippen LogP contribution in [0.2, 0.25) is 5.02 Å². The molecule has 0 saturated carbocycles. The molecule has 26 heavy (non-hydrogen) atoms. The van der Waals surface area contributed by atoms with Gasteiger partial charge in [0.25, 0.3) is 0 Å². The zero-order valence-electron chi connectivity index (χ0n) is 13.7. The number of carboxylic acids is 1. The number of H-pyrrole nitrogens is 1. The van der Waals surface area contributed by atoms with Crippen LogP contribution in [0.1, 0.15) is 11.1 Å². The number of alkyl carbamates (subject to hydrolysis) is 1. The van der Waals surface area contributed by atoms with E-state index in [1.165, 1.54) is 0 Å². The molecule has 3 aromatic rings. The van der Waals surface area contributed by atoms with E-state index in [-0.39, 0.29) is 13.0 Å². The maximum atomic E-state index is 12.0. The summed E-state index contributed by atoms with van der Waals surface area (Å²) in [6.45, 7) is 0.0674. The van der Waals surface area contributed by atoms with E-state index in [0.717, 1.165) is 16.5 Å². The number of carboxylic acid groups (broad SMARTS) is 1. The number of nitrogens with one attached hydrogen (secondary N) is 2. The number of aromatic amines is 1. The number of fused-ring (bicyclic) bond motifs is 1. The summed E-state index contributed by atoms with van der Waals surface area (Å²) in [7, 11) is 0. The van der Waals surface area contributed by atoms with Crippen molar-refractivity contribution in [2.75, 3.05) is 0 Å². The molecule has 3 rings (SSSR count). The fourth-order valence-corrected chi connectivity index (χ4v) is 2.99. The van der Waals surface area contributed by atoms with Crippen molar-refractivity contribution in [1.82, 2.24) is 10.3 Å². The van der Waals surface area contributed by atoms with E-state index in [9.17, 15) is 14.7 Å². The molecule has 0 unspecified atom stereocenters. The summed E-state index contributed by atoms with van der Waals surface area (Å²) in [6.07, 6.45) is 0.996. The Balaban J connectivity index is 1.67. The summed E-state index contributed by atoms with van der Waals surface area (Å²) in [5.41, 5.74) is 2.34. The molecule has 0 bridgehead atoms. The average Bonchev–Trinajstić information content (AvgIpc) is 3.04. The minimum Gasteiger partial charge on any atom is -0.480 e. The molecule has 134 valence electrons. The first-order valence-corrected chi connectivity index (χ1v) is 8.37. The highest BCUT2D eigenvalue weighted by Crippen LogP contribution is 2.27. The van der Waals surface area contributed by atoms with Crippen molar-refractivity contribution < 1.29 is 19.4 Å². The van der Waals surface area contributed by atoms with Gasteiger partial charge in [0.15, 0.2) is 0 Å². The second-order valence-electron chi connectivity index (χ2n) is 5.78. The predicted octanol–water partition coefficient (Wildman–Crippen LogP) is 3.74. The molecule has 0 aliphatic heterocycles. The fourth-order valence-electron chi connectivity index (χ4n) is 2.70. The maximum absolute atomic E-state index is 12.0. The molecule has 6 nitrogen and oxygen atoms in total. The van der Waals surface area contributed by atoms with Crippen molar-refractivity contribution in [2.45, 2.75) is 19.1 Å². The van der Waals surface area contributed by atoms with Gasteiger partial charge in [-0.05, 0) is 23.3 Å². The second-order valence-corrected chi connectivity index (χ2v) is 6.18. The van der Waals surface area contributed by atoms with Crippen molar-refractivity contribution in [2.24, 2.45) is 0 Å². The number of hydrogen-bond donors (Lipinski definition) is 3. The van der Waals surface area contributed by atoms with Gasteiger partial charge in [-0.1, -0.05) is 48.0 Å². The molecular formula is C19H17ClN2O4. The summed E-state index contributed by atoms with van der Waals surface area (Å²) < 4.78 is 5.09. The number of aliphatic carboxylic acids is 1. The highest BCUT2D eigenvalue weighted by atomic mass is 35.5. The van der Waals surface area contributed by atoms with Crippen LogP contribution < -0.4 is 5.32 Å². The van der Waals surface area contributed by atoms with Crippen LogP contribution in [0.5, 0.6) is 0 Å². The zero-order chi connectivity index (χ0) is 18.5. The third kappa shape index (κ3) is 4.15.